The first kappa shape index (κ1) is 16.2. The minimum absolute atomic E-state index is 0.338. The largest absolute Gasteiger partial charge is 0.352 e. The molecule has 0 aliphatic heterocycles. The number of hydrogen-bond donors (Lipinski definition) is 0. The van der Waals surface area contributed by atoms with Gasteiger partial charge < -0.3 is 14.0 Å². The Hall–Kier alpha value is -2.62. The van der Waals surface area contributed by atoms with Crippen LogP contribution in [0, 0.1) is 0 Å². The van der Waals surface area contributed by atoms with Crippen molar-refractivity contribution in [3.63, 3.8) is 0 Å². The van der Waals surface area contributed by atoms with E-state index in [0.717, 1.165) is 22.4 Å². The molecule has 0 saturated carbocycles. The van der Waals surface area contributed by atoms with E-state index in [4.69, 9.17) is 9.47 Å². The highest BCUT2D eigenvalue weighted by Gasteiger charge is 2.08. The zero-order valence-electron chi connectivity index (χ0n) is 13.9. The Bertz CT molecular complexity index is 802. The molecule has 24 heavy (non-hydrogen) atoms. The highest BCUT2D eigenvalue weighted by Crippen LogP contribution is 2.20. The smallest absolute Gasteiger partial charge is 0.183 e. The average molecular weight is 319 g/mol. The molecular formula is C21H21NO2. The van der Waals surface area contributed by atoms with E-state index in [9.17, 15) is 0 Å². The molecule has 2 aromatic carbocycles. The van der Waals surface area contributed by atoms with Crippen molar-refractivity contribution < 1.29 is 9.47 Å². The van der Waals surface area contributed by atoms with Gasteiger partial charge in [0.15, 0.2) is 6.29 Å². The lowest BCUT2D eigenvalue weighted by Crippen LogP contribution is -2.03. The minimum atomic E-state index is -0.338. The highest BCUT2D eigenvalue weighted by molar-refractivity contribution is 5.70. The lowest BCUT2D eigenvalue weighted by Gasteiger charge is -2.13. The van der Waals surface area contributed by atoms with Crippen molar-refractivity contribution in [2.24, 2.45) is 0 Å². The third-order valence-corrected chi connectivity index (χ3v) is 3.85. The summed E-state index contributed by atoms with van der Waals surface area (Å²) in [6.45, 7) is 0. The normalized spacial score (nSPS) is 11.5. The van der Waals surface area contributed by atoms with Gasteiger partial charge in [-0.05, 0) is 41.5 Å². The van der Waals surface area contributed by atoms with Crippen LogP contribution in [-0.4, -0.2) is 18.8 Å². The fourth-order valence-electron chi connectivity index (χ4n) is 2.67. The first-order valence-corrected chi connectivity index (χ1v) is 7.87. The lowest BCUT2D eigenvalue weighted by atomic mass is 10.1. The van der Waals surface area contributed by atoms with Crippen molar-refractivity contribution in [1.82, 2.24) is 4.57 Å². The molecule has 0 fully saturated rings. The van der Waals surface area contributed by atoms with E-state index in [1.54, 1.807) is 14.2 Å². The SMILES string of the molecule is COC(OC)c1cccc(C=Cc2cccc(-n3cccc3)c2)c1. The second-order valence-electron chi connectivity index (χ2n) is 5.49. The zero-order chi connectivity index (χ0) is 16.8. The Morgan fingerprint density at radius 3 is 2.08 bits per heavy atom. The van der Waals surface area contributed by atoms with Gasteiger partial charge >= 0.3 is 0 Å². The van der Waals surface area contributed by atoms with Gasteiger partial charge in [0.2, 0.25) is 0 Å². The summed E-state index contributed by atoms with van der Waals surface area (Å²) in [5, 5.41) is 0. The van der Waals surface area contributed by atoms with E-state index in [1.807, 2.05) is 36.7 Å². The number of methoxy groups -OCH3 is 2. The molecule has 1 heterocycles. The topological polar surface area (TPSA) is 23.4 Å². The third-order valence-electron chi connectivity index (χ3n) is 3.85. The van der Waals surface area contributed by atoms with Gasteiger partial charge in [-0.1, -0.05) is 42.5 Å². The molecule has 0 atom stereocenters. The Kier molecular flexibility index (Phi) is 5.26. The molecule has 3 aromatic rings. The Balaban J connectivity index is 1.81. The standard InChI is InChI=1S/C21H21NO2/c1-23-21(24-2)19-9-5-7-17(15-19)11-12-18-8-6-10-20(16-18)22-13-3-4-14-22/h3-16,21H,1-2H3. The molecule has 0 aliphatic rings. The van der Waals surface area contributed by atoms with Gasteiger partial charge in [-0.15, -0.1) is 0 Å². The van der Waals surface area contributed by atoms with Gasteiger partial charge in [0.25, 0.3) is 0 Å². The maximum Gasteiger partial charge on any atom is 0.183 e. The molecule has 3 heteroatoms. The number of ether oxygens (including phenoxy) is 2. The summed E-state index contributed by atoms with van der Waals surface area (Å²) in [5.74, 6) is 0. The summed E-state index contributed by atoms with van der Waals surface area (Å²) in [7, 11) is 3.28. The monoisotopic (exact) mass is 319 g/mol. The summed E-state index contributed by atoms with van der Waals surface area (Å²) in [4.78, 5) is 0. The van der Waals surface area contributed by atoms with Gasteiger partial charge in [0.05, 0.1) is 0 Å². The Morgan fingerprint density at radius 2 is 1.42 bits per heavy atom. The predicted molar refractivity (Wildman–Crippen MR) is 97.9 cm³/mol. The first-order chi connectivity index (χ1) is 11.8. The third kappa shape index (κ3) is 3.82. The van der Waals surface area contributed by atoms with Crippen molar-refractivity contribution >= 4 is 12.2 Å². The van der Waals surface area contributed by atoms with Crippen LogP contribution in [-0.2, 0) is 9.47 Å². The number of hydrogen-bond acceptors (Lipinski definition) is 2. The van der Waals surface area contributed by atoms with Crippen molar-refractivity contribution in [2.45, 2.75) is 6.29 Å². The van der Waals surface area contributed by atoms with Crippen LogP contribution in [0.2, 0.25) is 0 Å². The van der Waals surface area contributed by atoms with E-state index in [-0.39, 0.29) is 6.29 Å². The van der Waals surface area contributed by atoms with E-state index in [0.29, 0.717) is 0 Å². The number of benzene rings is 2. The fourth-order valence-corrected chi connectivity index (χ4v) is 2.67. The molecule has 0 unspecified atom stereocenters. The molecule has 0 bridgehead atoms. The quantitative estimate of drug-likeness (QED) is 0.474. The van der Waals surface area contributed by atoms with Crippen molar-refractivity contribution in [3.8, 4) is 5.69 Å². The average Bonchev–Trinajstić information content (AvgIpc) is 3.16. The molecule has 3 nitrogen and oxygen atoms in total. The summed E-state index contributed by atoms with van der Waals surface area (Å²) in [6, 6.07) is 20.6. The van der Waals surface area contributed by atoms with Gasteiger partial charge in [0, 0.05) is 37.9 Å². The maximum atomic E-state index is 5.31. The van der Waals surface area contributed by atoms with Gasteiger partial charge in [-0.2, -0.15) is 0 Å². The van der Waals surface area contributed by atoms with E-state index in [1.165, 1.54) is 0 Å². The second kappa shape index (κ2) is 7.77. The molecule has 0 saturated heterocycles. The first-order valence-electron chi connectivity index (χ1n) is 7.87. The molecule has 122 valence electrons. The highest BCUT2D eigenvalue weighted by atomic mass is 16.7. The van der Waals surface area contributed by atoms with E-state index < -0.39 is 0 Å². The summed E-state index contributed by atoms with van der Waals surface area (Å²) in [6.07, 6.45) is 7.96. The molecule has 0 amide bonds. The zero-order valence-corrected chi connectivity index (χ0v) is 13.9. The van der Waals surface area contributed by atoms with Crippen LogP contribution in [0.1, 0.15) is 23.0 Å². The van der Waals surface area contributed by atoms with E-state index in [2.05, 4.69) is 53.1 Å². The minimum Gasteiger partial charge on any atom is -0.352 e. The fraction of sp³-hybridized carbons (Fsp3) is 0.143. The van der Waals surface area contributed by atoms with Gasteiger partial charge in [-0.25, -0.2) is 0 Å². The molecular weight excluding hydrogens is 298 g/mol. The summed E-state index contributed by atoms with van der Waals surface area (Å²) >= 11 is 0. The van der Waals surface area contributed by atoms with Crippen LogP contribution in [0.25, 0.3) is 17.8 Å². The van der Waals surface area contributed by atoms with Crippen LogP contribution in [0.3, 0.4) is 0 Å². The molecule has 0 radical (unpaired) electrons. The number of aromatic nitrogens is 1. The Labute approximate surface area is 142 Å². The number of nitrogens with zero attached hydrogens (tertiary/aromatic N) is 1. The van der Waals surface area contributed by atoms with E-state index >= 15 is 0 Å². The predicted octanol–water partition coefficient (Wildman–Crippen LogP) is 4.94. The van der Waals surface area contributed by atoms with Gasteiger partial charge in [0.1, 0.15) is 0 Å². The molecule has 0 N–H and O–H groups in total. The van der Waals surface area contributed by atoms with Crippen molar-refractivity contribution in [1.29, 1.82) is 0 Å². The van der Waals surface area contributed by atoms with Crippen LogP contribution in [0.4, 0.5) is 0 Å². The Morgan fingerprint density at radius 1 is 0.792 bits per heavy atom. The van der Waals surface area contributed by atoms with Crippen LogP contribution < -0.4 is 0 Å². The molecule has 1 aromatic heterocycles. The van der Waals surface area contributed by atoms with Crippen molar-refractivity contribution in [3.05, 3.63) is 89.7 Å². The summed E-state index contributed by atoms with van der Waals surface area (Å²) < 4.78 is 12.7. The van der Waals surface area contributed by atoms with Crippen LogP contribution in [0.15, 0.2) is 73.1 Å². The maximum absolute atomic E-state index is 5.31. The molecule has 3 rings (SSSR count). The summed E-state index contributed by atoms with van der Waals surface area (Å²) in [5.41, 5.74) is 4.41. The van der Waals surface area contributed by atoms with Crippen molar-refractivity contribution in [2.75, 3.05) is 14.2 Å². The van der Waals surface area contributed by atoms with Crippen LogP contribution in [0.5, 0.6) is 0 Å². The second-order valence-corrected chi connectivity index (χ2v) is 5.49. The van der Waals surface area contributed by atoms with Crippen LogP contribution >= 0.6 is 0 Å². The molecule has 0 aliphatic carbocycles. The number of rotatable bonds is 6. The lowest BCUT2D eigenvalue weighted by molar-refractivity contribution is -0.106. The molecule has 0 spiro atoms. The van der Waals surface area contributed by atoms with Gasteiger partial charge in [-0.3, -0.25) is 0 Å².